The third-order valence-electron chi connectivity index (χ3n) is 4.02. The van der Waals surface area contributed by atoms with Crippen LogP contribution in [0.2, 0.25) is 0 Å². The highest BCUT2D eigenvalue weighted by Crippen LogP contribution is 2.30. The van der Waals surface area contributed by atoms with Crippen LogP contribution in [-0.2, 0) is 6.42 Å². The second kappa shape index (κ2) is 6.52. The molecule has 2 aromatic rings. The molecule has 3 rings (SSSR count). The van der Waals surface area contributed by atoms with Gasteiger partial charge in [-0.1, -0.05) is 19.1 Å². The van der Waals surface area contributed by atoms with Gasteiger partial charge in [-0.3, -0.25) is 4.79 Å². The van der Waals surface area contributed by atoms with Gasteiger partial charge >= 0.3 is 0 Å². The number of piperidine rings is 1. The number of carbonyl (C=O) groups excluding carboxylic acids is 1. The number of hydrogen-bond acceptors (Lipinski definition) is 4. The van der Waals surface area contributed by atoms with Crippen LogP contribution in [0.3, 0.4) is 0 Å². The minimum Gasteiger partial charge on any atom is -0.339 e. The van der Waals surface area contributed by atoms with Crippen LogP contribution in [0.4, 0.5) is 4.39 Å². The van der Waals surface area contributed by atoms with Gasteiger partial charge in [0.2, 0.25) is 0 Å². The first-order valence-corrected chi connectivity index (χ1v) is 8.36. The van der Waals surface area contributed by atoms with Gasteiger partial charge in [0.1, 0.15) is 15.8 Å². The minimum atomic E-state index is -0.452. The zero-order valence-corrected chi connectivity index (χ0v) is 13.3. The van der Waals surface area contributed by atoms with Crippen molar-refractivity contribution in [2.45, 2.75) is 32.1 Å². The first kappa shape index (κ1) is 15.1. The number of aryl methyl sites for hydroxylation is 1. The lowest BCUT2D eigenvalue weighted by molar-refractivity contribution is 0.0708. The predicted molar refractivity (Wildman–Crippen MR) is 83.6 cm³/mol. The number of rotatable bonds is 3. The SMILES string of the molecule is CCc1nnc(C2CCN(C(=O)c3ccccc3F)CC2)s1. The molecule has 22 heavy (non-hydrogen) atoms. The number of likely N-dealkylation sites (tertiary alicyclic amines) is 1. The molecule has 1 aliphatic rings. The van der Waals surface area contributed by atoms with Gasteiger partial charge in [-0.15, -0.1) is 21.5 Å². The van der Waals surface area contributed by atoms with E-state index in [0.29, 0.717) is 19.0 Å². The number of benzene rings is 1. The highest BCUT2D eigenvalue weighted by molar-refractivity contribution is 7.11. The zero-order valence-electron chi connectivity index (χ0n) is 12.5. The van der Waals surface area contributed by atoms with Gasteiger partial charge in [-0.25, -0.2) is 4.39 Å². The molecule has 0 N–H and O–H groups in total. The fourth-order valence-corrected chi connectivity index (χ4v) is 3.66. The first-order chi connectivity index (χ1) is 10.7. The van der Waals surface area contributed by atoms with Crippen LogP contribution in [0.25, 0.3) is 0 Å². The summed E-state index contributed by atoms with van der Waals surface area (Å²) in [5.74, 6) is -0.308. The largest absolute Gasteiger partial charge is 0.339 e. The van der Waals surface area contributed by atoms with Crippen molar-refractivity contribution >= 4 is 17.2 Å². The molecule has 0 spiro atoms. The Hall–Kier alpha value is -1.82. The second-order valence-electron chi connectivity index (χ2n) is 5.43. The maximum Gasteiger partial charge on any atom is 0.256 e. The van der Waals surface area contributed by atoms with Gasteiger partial charge in [0.25, 0.3) is 5.91 Å². The maximum absolute atomic E-state index is 13.7. The lowest BCUT2D eigenvalue weighted by atomic mass is 9.97. The summed E-state index contributed by atoms with van der Waals surface area (Å²) in [6, 6.07) is 6.16. The molecule has 1 aromatic heterocycles. The number of aromatic nitrogens is 2. The van der Waals surface area contributed by atoms with E-state index in [0.717, 1.165) is 29.3 Å². The zero-order chi connectivity index (χ0) is 15.5. The summed E-state index contributed by atoms with van der Waals surface area (Å²) in [7, 11) is 0. The van der Waals surface area contributed by atoms with Crippen LogP contribution in [0.15, 0.2) is 24.3 Å². The Morgan fingerprint density at radius 1 is 1.32 bits per heavy atom. The molecule has 1 aromatic carbocycles. The topological polar surface area (TPSA) is 46.1 Å². The van der Waals surface area contributed by atoms with Crippen molar-refractivity contribution in [3.8, 4) is 0 Å². The highest BCUT2D eigenvalue weighted by Gasteiger charge is 2.27. The fraction of sp³-hybridized carbons (Fsp3) is 0.438. The predicted octanol–water partition coefficient (Wildman–Crippen LogP) is 3.26. The van der Waals surface area contributed by atoms with E-state index in [1.807, 2.05) is 0 Å². The minimum absolute atomic E-state index is 0.158. The Bertz CT molecular complexity index is 665. The van der Waals surface area contributed by atoms with Gasteiger partial charge in [0, 0.05) is 19.0 Å². The Balaban J connectivity index is 1.64. The van der Waals surface area contributed by atoms with Gasteiger partial charge in [-0.05, 0) is 31.4 Å². The van der Waals surface area contributed by atoms with Crippen molar-refractivity contribution in [1.29, 1.82) is 0 Å². The average Bonchev–Trinajstić information content (AvgIpc) is 3.04. The van der Waals surface area contributed by atoms with Crippen molar-refractivity contribution in [1.82, 2.24) is 15.1 Å². The summed E-state index contributed by atoms with van der Waals surface area (Å²) < 4.78 is 13.7. The number of nitrogens with zero attached hydrogens (tertiary/aromatic N) is 3. The Kier molecular flexibility index (Phi) is 4.47. The first-order valence-electron chi connectivity index (χ1n) is 7.55. The summed E-state index contributed by atoms with van der Waals surface area (Å²) in [5.41, 5.74) is 0.158. The smallest absolute Gasteiger partial charge is 0.256 e. The molecule has 4 nitrogen and oxygen atoms in total. The molecule has 6 heteroatoms. The third kappa shape index (κ3) is 3.02. The Labute approximate surface area is 133 Å². The Morgan fingerprint density at radius 3 is 2.68 bits per heavy atom. The number of carbonyl (C=O) groups is 1. The van der Waals surface area contributed by atoms with E-state index in [1.54, 1.807) is 34.4 Å². The van der Waals surface area contributed by atoms with Crippen LogP contribution in [0, 0.1) is 5.82 Å². The molecule has 1 amide bonds. The number of halogens is 1. The van der Waals surface area contributed by atoms with Crippen LogP contribution in [-0.4, -0.2) is 34.1 Å². The standard InChI is InChI=1S/C16H18FN3OS/c1-2-14-18-19-15(22-14)11-7-9-20(10-8-11)16(21)12-5-3-4-6-13(12)17/h3-6,11H,2,7-10H2,1H3. The van der Waals surface area contributed by atoms with Crippen LogP contribution in [0.5, 0.6) is 0 Å². The number of hydrogen-bond donors (Lipinski definition) is 0. The number of amides is 1. The third-order valence-corrected chi connectivity index (χ3v) is 5.25. The summed E-state index contributed by atoms with van der Waals surface area (Å²) in [4.78, 5) is 14.1. The van der Waals surface area contributed by atoms with Gasteiger partial charge in [-0.2, -0.15) is 0 Å². The fourth-order valence-electron chi connectivity index (χ4n) is 2.71. The quantitative estimate of drug-likeness (QED) is 0.872. The van der Waals surface area contributed by atoms with E-state index in [4.69, 9.17) is 0 Å². The molecule has 1 aliphatic heterocycles. The molecular formula is C16H18FN3OS. The molecule has 1 saturated heterocycles. The maximum atomic E-state index is 13.7. The van der Waals surface area contributed by atoms with Crippen LogP contribution in [0.1, 0.15) is 46.1 Å². The molecule has 0 saturated carbocycles. The van der Waals surface area contributed by atoms with E-state index in [-0.39, 0.29) is 11.5 Å². The summed E-state index contributed by atoms with van der Waals surface area (Å²) in [6.45, 7) is 3.34. The van der Waals surface area contributed by atoms with Gasteiger partial charge in [0.15, 0.2) is 0 Å². The van der Waals surface area contributed by atoms with E-state index in [9.17, 15) is 9.18 Å². The van der Waals surface area contributed by atoms with E-state index < -0.39 is 5.82 Å². The van der Waals surface area contributed by atoms with E-state index in [2.05, 4.69) is 17.1 Å². The van der Waals surface area contributed by atoms with Gasteiger partial charge in [0.05, 0.1) is 5.56 Å². The normalized spacial score (nSPS) is 16.0. The van der Waals surface area contributed by atoms with E-state index in [1.165, 1.54) is 6.07 Å². The van der Waals surface area contributed by atoms with Crippen molar-refractivity contribution in [2.75, 3.05) is 13.1 Å². The van der Waals surface area contributed by atoms with Gasteiger partial charge < -0.3 is 4.90 Å². The molecule has 116 valence electrons. The van der Waals surface area contributed by atoms with E-state index >= 15 is 0 Å². The van der Waals surface area contributed by atoms with Crippen molar-refractivity contribution in [3.63, 3.8) is 0 Å². The summed E-state index contributed by atoms with van der Waals surface area (Å²) in [5, 5.41) is 10.5. The highest BCUT2D eigenvalue weighted by atomic mass is 32.1. The van der Waals surface area contributed by atoms with Crippen molar-refractivity contribution < 1.29 is 9.18 Å². The molecule has 0 bridgehead atoms. The van der Waals surface area contributed by atoms with Crippen molar-refractivity contribution in [2.24, 2.45) is 0 Å². The summed E-state index contributed by atoms with van der Waals surface area (Å²) >= 11 is 1.66. The lowest BCUT2D eigenvalue weighted by Crippen LogP contribution is -2.38. The molecule has 0 atom stereocenters. The molecular weight excluding hydrogens is 301 g/mol. The van der Waals surface area contributed by atoms with Crippen molar-refractivity contribution in [3.05, 3.63) is 45.7 Å². The molecule has 1 fully saturated rings. The van der Waals surface area contributed by atoms with Crippen LogP contribution >= 0.6 is 11.3 Å². The summed E-state index contributed by atoms with van der Waals surface area (Å²) in [6.07, 6.45) is 2.62. The molecule has 0 radical (unpaired) electrons. The lowest BCUT2D eigenvalue weighted by Gasteiger charge is -2.31. The molecule has 0 aliphatic carbocycles. The monoisotopic (exact) mass is 319 g/mol. The van der Waals surface area contributed by atoms with Crippen LogP contribution < -0.4 is 0 Å². The molecule has 2 heterocycles. The second-order valence-corrected chi connectivity index (χ2v) is 6.53. The molecule has 0 unspecified atom stereocenters. The average molecular weight is 319 g/mol. The Morgan fingerprint density at radius 2 is 2.05 bits per heavy atom.